The number of aryl methyl sites for hydroxylation is 1. The minimum atomic E-state index is -0.443. The number of halogens is 1. The molecule has 4 bridgehead atoms. The highest BCUT2D eigenvalue weighted by Gasteiger charge is 2.58. The maximum Gasteiger partial charge on any atom is 0.289 e. The van der Waals surface area contributed by atoms with Crippen LogP contribution in [0.2, 0.25) is 0 Å². The molecule has 2 aromatic rings. The molecule has 7 heteroatoms. The third-order valence-electron chi connectivity index (χ3n) is 7.11. The average molecular weight is 408 g/mol. The summed E-state index contributed by atoms with van der Waals surface area (Å²) in [6, 6.07) is 4.51. The number of carbonyl (C=O) groups excluding carboxylic acids is 2. The fourth-order valence-corrected chi connectivity index (χ4v) is 6.63. The van der Waals surface area contributed by atoms with Crippen molar-refractivity contribution >= 4 is 11.7 Å². The van der Waals surface area contributed by atoms with Crippen LogP contribution in [0.4, 0.5) is 4.39 Å². The van der Waals surface area contributed by atoms with Crippen LogP contribution in [0.3, 0.4) is 0 Å². The number of pyridine rings is 1. The molecule has 6 rings (SSSR count). The molecule has 4 aliphatic carbocycles. The molecular weight excluding hydrogens is 383 g/mol. The summed E-state index contributed by atoms with van der Waals surface area (Å²) in [5.74, 6) is 0.508. The Morgan fingerprint density at radius 1 is 1.13 bits per heavy atom. The van der Waals surface area contributed by atoms with Crippen LogP contribution in [0.15, 0.2) is 30.6 Å². The van der Waals surface area contributed by atoms with Crippen molar-refractivity contribution < 1.29 is 14.0 Å². The second-order valence-corrected chi connectivity index (χ2v) is 9.68. The highest BCUT2D eigenvalue weighted by atomic mass is 19.1. The largest absolute Gasteiger partial charge is 0.344 e. The molecule has 2 atom stereocenters. The Kier molecular flexibility index (Phi) is 4.45. The summed E-state index contributed by atoms with van der Waals surface area (Å²) in [6.07, 6.45) is 8.98. The van der Waals surface area contributed by atoms with Crippen LogP contribution in [-0.2, 0) is 0 Å². The van der Waals surface area contributed by atoms with Crippen molar-refractivity contribution in [2.24, 2.45) is 17.3 Å². The summed E-state index contributed by atoms with van der Waals surface area (Å²) in [7, 11) is 0. The number of rotatable bonds is 5. The van der Waals surface area contributed by atoms with Crippen molar-refractivity contribution in [3.05, 3.63) is 53.6 Å². The lowest BCUT2D eigenvalue weighted by Crippen LogP contribution is -2.63. The molecule has 0 saturated heterocycles. The van der Waals surface area contributed by atoms with Crippen molar-refractivity contribution in [3.8, 4) is 0 Å². The van der Waals surface area contributed by atoms with E-state index in [2.05, 4.69) is 20.3 Å². The first-order valence-corrected chi connectivity index (χ1v) is 10.6. The Bertz CT molecular complexity index is 993. The zero-order valence-corrected chi connectivity index (χ0v) is 17.0. The maximum absolute atomic E-state index is 13.2. The Hall–Kier alpha value is -2.70. The second-order valence-electron chi connectivity index (χ2n) is 9.68. The lowest BCUT2D eigenvalue weighted by Gasteiger charge is -2.62. The molecule has 1 amide bonds. The predicted octanol–water partition coefficient (Wildman–Crippen LogP) is 3.66. The van der Waals surface area contributed by atoms with E-state index in [1.54, 1.807) is 12.3 Å². The van der Waals surface area contributed by atoms with Gasteiger partial charge in [0.15, 0.2) is 5.78 Å². The van der Waals surface area contributed by atoms with Gasteiger partial charge in [-0.2, -0.15) is 0 Å². The van der Waals surface area contributed by atoms with E-state index in [0.29, 0.717) is 24.0 Å². The number of hydrogen-bond acceptors (Lipinski definition) is 5. The highest BCUT2D eigenvalue weighted by Crippen LogP contribution is 2.63. The summed E-state index contributed by atoms with van der Waals surface area (Å²) < 4.78 is 13.2. The molecule has 1 N–H and O–H groups in total. The lowest BCUT2D eigenvalue weighted by atomic mass is 9.46. The minimum absolute atomic E-state index is 0.0413. The Balaban J connectivity index is 1.37. The van der Waals surface area contributed by atoms with Gasteiger partial charge in [-0.15, -0.1) is 0 Å². The zero-order chi connectivity index (χ0) is 20.9. The zero-order valence-electron chi connectivity index (χ0n) is 17.0. The smallest absolute Gasteiger partial charge is 0.289 e. The molecule has 4 aliphatic rings. The first-order chi connectivity index (χ1) is 14.3. The van der Waals surface area contributed by atoms with Crippen LogP contribution < -0.4 is 5.32 Å². The van der Waals surface area contributed by atoms with Gasteiger partial charge < -0.3 is 5.32 Å². The first kappa shape index (κ1) is 19.3. The molecule has 4 fully saturated rings. The van der Waals surface area contributed by atoms with Crippen LogP contribution >= 0.6 is 0 Å². The van der Waals surface area contributed by atoms with Gasteiger partial charge in [0.05, 0.1) is 6.20 Å². The van der Waals surface area contributed by atoms with Gasteiger partial charge in [0, 0.05) is 23.9 Å². The molecule has 0 spiro atoms. The fourth-order valence-electron chi connectivity index (χ4n) is 6.63. The molecule has 6 nitrogen and oxygen atoms in total. The Morgan fingerprint density at radius 2 is 1.90 bits per heavy atom. The molecular formula is C23H25FN4O2. The molecule has 0 aliphatic heterocycles. The topological polar surface area (TPSA) is 84.8 Å². The average Bonchev–Trinajstić information content (AvgIpc) is 2.66. The van der Waals surface area contributed by atoms with Gasteiger partial charge in [-0.3, -0.25) is 14.6 Å². The van der Waals surface area contributed by atoms with Gasteiger partial charge in [0.1, 0.15) is 11.5 Å². The Morgan fingerprint density at radius 3 is 2.57 bits per heavy atom. The standard InChI is InChI=1S/C23H25FN4O2/c1-14-4-5-25-20(27-14)21(30)28-23-9-15-6-16(10-23)8-22(7-15,13-23)11-19(29)18-3-2-17(24)12-26-18/h2-5,12,15-16H,6-11,13H2,1H3,(H,28,30). The summed E-state index contributed by atoms with van der Waals surface area (Å²) >= 11 is 0. The SMILES string of the molecule is Cc1ccnc(C(=O)NC23CC4CC(CC(CC(=O)c5ccc(F)cn5)(C4)C2)C3)n1. The highest BCUT2D eigenvalue weighted by molar-refractivity contribution is 5.94. The molecule has 156 valence electrons. The normalized spacial score (nSPS) is 31.5. The third kappa shape index (κ3) is 3.50. The number of aromatic nitrogens is 3. The summed E-state index contributed by atoms with van der Waals surface area (Å²) in [4.78, 5) is 38.2. The van der Waals surface area contributed by atoms with Gasteiger partial charge in [-0.05, 0) is 80.9 Å². The summed E-state index contributed by atoms with van der Waals surface area (Å²) in [5.41, 5.74) is 0.649. The molecule has 2 unspecified atom stereocenters. The van der Waals surface area contributed by atoms with E-state index >= 15 is 0 Å². The van der Waals surface area contributed by atoms with Crippen molar-refractivity contribution in [2.45, 2.75) is 57.4 Å². The number of ketones is 1. The van der Waals surface area contributed by atoms with E-state index < -0.39 is 5.82 Å². The van der Waals surface area contributed by atoms with Crippen LogP contribution in [0.5, 0.6) is 0 Å². The molecule has 0 radical (unpaired) electrons. The fraction of sp³-hybridized carbons (Fsp3) is 0.522. The number of nitrogens with one attached hydrogen (secondary N) is 1. The first-order valence-electron chi connectivity index (χ1n) is 10.6. The molecule has 2 heterocycles. The lowest BCUT2D eigenvalue weighted by molar-refractivity contribution is -0.0772. The number of hydrogen-bond donors (Lipinski definition) is 1. The third-order valence-corrected chi connectivity index (χ3v) is 7.11. The number of amides is 1. The van der Waals surface area contributed by atoms with E-state index in [1.807, 2.05) is 6.92 Å². The molecule has 4 saturated carbocycles. The van der Waals surface area contributed by atoms with Crippen LogP contribution in [-0.4, -0.2) is 32.2 Å². The van der Waals surface area contributed by atoms with Gasteiger partial charge in [0.2, 0.25) is 5.82 Å². The van der Waals surface area contributed by atoms with Gasteiger partial charge in [-0.25, -0.2) is 14.4 Å². The van der Waals surface area contributed by atoms with E-state index in [9.17, 15) is 14.0 Å². The monoisotopic (exact) mass is 408 g/mol. The molecule has 2 aromatic heterocycles. The van der Waals surface area contributed by atoms with Crippen molar-refractivity contribution in [2.75, 3.05) is 0 Å². The number of nitrogens with zero attached hydrogens (tertiary/aromatic N) is 3. The van der Waals surface area contributed by atoms with E-state index in [4.69, 9.17) is 0 Å². The molecule has 30 heavy (non-hydrogen) atoms. The molecule has 0 aromatic carbocycles. The van der Waals surface area contributed by atoms with Crippen molar-refractivity contribution in [1.29, 1.82) is 0 Å². The minimum Gasteiger partial charge on any atom is -0.344 e. The quantitative estimate of drug-likeness (QED) is 0.763. The van der Waals surface area contributed by atoms with Gasteiger partial charge >= 0.3 is 0 Å². The Labute approximate surface area is 174 Å². The van der Waals surface area contributed by atoms with E-state index in [0.717, 1.165) is 44.0 Å². The van der Waals surface area contributed by atoms with Gasteiger partial charge in [0.25, 0.3) is 5.91 Å². The number of carbonyl (C=O) groups is 2. The van der Waals surface area contributed by atoms with Crippen molar-refractivity contribution in [3.63, 3.8) is 0 Å². The van der Waals surface area contributed by atoms with E-state index in [-0.39, 0.29) is 28.5 Å². The predicted molar refractivity (Wildman–Crippen MR) is 107 cm³/mol. The van der Waals surface area contributed by atoms with E-state index in [1.165, 1.54) is 18.6 Å². The second kappa shape index (κ2) is 6.93. The summed E-state index contributed by atoms with van der Waals surface area (Å²) in [6.45, 7) is 1.84. The number of Topliss-reactive ketones (excluding diaryl/α,β-unsaturated/α-hetero) is 1. The van der Waals surface area contributed by atoms with Crippen LogP contribution in [0, 0.1) is 30.0 Å². The maximum atomic E-state index is 13.2. The van der Waals surface area contributed by atoms with Crippen LogP contribution in [0.25, 0.3) is 0 Å². The van der Waals surface area contributed by atoms with Gasteiger partial charge in [-0.1, -0.05) is 0 Å². The van der Waals surface area contributed by atoms with Crippen LogP contribution in [0.1, 0.15) is 71.7 Å². The summed E-state index contributed by atoms with van der Waals surface area (Å²) in [5, 5.41) is 3.27. The van der Waals surface area contributed by atoms with Crippen molar-refractivity contribution in [1.82, 2.24) is 20.3 Å².